The number of rotatable bonds is 5. The van der Waals surface area contributed by atoms with Crippen molar-refractivity contribution < 1.29 is 24.6 Å². The van der Waals surface area contributed by atoms with E-state index in [1.165, 1.54) is 28.8 Å². The summed E-state index contributed by atoms with van der Waals surface area (Å²) in [5.41, 5.74) is 2.41. The highest BCUT2D eigenvalue weighted by atomic mass is 16.3. The maximum atomic E-state index is 12.6. The van der Waals surface area contributed by atoms with Crippen LogP contribution in [0, 0.1) is 6.92 Å². The molecule has 4 rings (SSSR count). The van der Waals surface area contributed by atoms with Crippen molar-refractivity contribution in [1.29, 1.82) is 0 Å². The second-order valence-corrected chi connectivity index (χ2v) is 7.70. The van der Waals surface area contributed by atoms with Crippen LogP contribution in [0.25, 0.3) is 10.9 Å². The van der Waals surface area contributed by atoms with Crippen molar-refractivity contribution in [3.8, 4) is 11.6 Å². The van der Waals surface area contributed by atoms with E-state index < -0.39 is 11.8 Å². The number of phenols is 1. The van der Waals surface area contributed by atoms with E-state index in [0.29, 0.717) is 16.6 Å². The van der Waals surface area contributed by atoms with Gasteiger partial charge in [-0.3, -0.25) is 14.4 Å². The molecule has 1 heterocycles. The molecule has 0 bridgehead atoms. The summed E-state index contributed by atoms with van der Waals surface area (Å²) < 4.78 is 1.34. The molecule has 1 aromatic heterocycles. The number of nitrogens with zero attached hydrogens (tertiary/aromatic N) is 3. The van der Waals surface area contributed by atoms with Crippen LogP contribution in [-0.4, -0.2) is 32.5 Å². The number of carbonyl (C=O) groups is 3. The number of benzene rings is 3. The van der Waals surface area contributed by atoms with Gasteiger partial charge < -0.3 is 25.4 Å². The highest BCUT2D eigenvalue weighted by Gasteiger charge is 2.20. The minimum atomic E-state index is -1.19. The van der Waals surface area contributed by atoms with Crippen LogP contribution in [-0.2, 0) is 20.9 Å². The Kier molecular flexibility index (Phi) is 6.54. The van der Waals surface area contributed by atoms with Crippen molar-refractivity contribution in [1.82, 2.24) is 4.57 Å². The number of fused-ring (bicyclic) bond motifs is 1. The predicted octanol–water partition coefficient (Wildman–Crippen LogP) is 4.25. The molecule has 0 unspecified atom stereocenters. The normalized spacial score (nSPS) is 11.0. The van der Waals surface area contributed by atoms with Gasteiger partial charge in [0.15, 0.2) is 5.69 Å². The Bertz CT molecular complexity index is 1440. The zero-order valence-electron chi connectivity index (χ0n) is 18.6. The maximum absolute atomic E-state index is 12.6. The summed E-state index contributed by atoms with van der Waals surface area (Å²) in [5, 5.41) is 32.9. The van der Waals surface area contributed by atoms with E-state index in [9.17, 15) is 24.6 Å². The van der Waals surface area contributed by atoms with Gasteiger partial charge in [0.1, 0.15) is 12.3 Å². The first-order valence-electron chi connectivity index (χ1n) is 10.5. The molecule has 0 saturated heterocycles. The van der Waals surface area contributed by atoms with Crippen molar-refractivity contribution in [3.05, 3.63) is 78.4 Å². The molecule has 35 heavy (non-hydrogen) atoms. The molecule has 0 radical (unpaired) electrons. The number of phenolic OH excluding ortho intramolecular Hbond substituents is 1. The number of hydrogen-bond donors (Lipinski definition) is 4. The Labute approximate surface area is 199 Å². The number of nitrogens with one attached hydrogen (secondary N) is 2. The first-order valence-corrected chi connectivity index (χ1v) is 10.5. The third-order valence-electron chi connectivity index (χ3n) is 5.11. The maximum Gasteiger partial charge on any atom is 0.353 e. The van der Waals surface area contributed by atoms with Gasteiger partial charge in [-0.05, 0) is 49.4 Å². The van der Waals surface area contributed by atoms with Crippen LogP contribution in [0.3, 0.4) is 0 Å². The Hall–Kier alpha value is -4.99. The van der Waals surface area contributed by atoms with Gasteiger partial charge in [0.25, 0.3) is 0 Å². The van der Waals surface area contributed by atoms with Gasteiger partial charge in [0.05, 0.1) is 5.52 Å². The summed E-state index contributed by atoms with van der Waals surface area (Å²) in [6, 6.07) is 19.6. The largest absolute Gasteiger partial charge is 0.508 e. The summed E-state index contributed by atoms with van der Waals surface area (Å²) in [6.07, 6.45) is 0. The van der Waals surface area contributed by atoms with Crippen LogP contribution in [0.1, 0.15) is 5.56 Å². The lowest BCUT2D eigenvalue weighted by Crippen LogP contribution is -2.20. The Morgan fingerprint density at radius 1 is 0.857 bits per heavy atom. The third-order valence-corrected chi connectivity index (χ3v) is 5.11. The van der Waals surface area contributed by atoms with Crippen molar-refractivity contribution in [2.75, 3.05) is 10.6 Å². The quantitative estimate of drug-likeness (QED) is 0.195. The Morgan fingerprint density at radius 3 is 2.20 bits per heavy atom. The molecule has 0 aliphatic heterocycles. The lowest BCUT2D eigenvalue weighted by Gasteiger charge is -2.08. The number of para-hydroxylation sites is 1. The van der Waals surface area contributed by atoms with Crippen molar-refractivity contribution in [2.24, 2.45) is 10.2 Å². The number of aromatic hydroxyl groups is 2. The van der Waals surface area contributed by atoms with Gasteiger partial charge in [0.2, 0.25) is 11.8 Å². The van der Waals surface area contributed by atoms with E-state index in [1.807, 2.05) is 19.1 Å². The molecule has 0 fully saturated rings. The first-order chi connectivity index (χ1) is 16.8. The van der Waals surface area contributed by atoms with Crippen molar-refractivity contribution >= 4 is 45.7 Å². The molecule has 10 heteroatoms. The number of carbonyl (C=O) groups excluding carboxylic acids is 3. The SMILES string of the molecule is Cc1ccc(NC(=O)Cn2c(O)c(N=NC(=O)C(=O)Nc3ccc(O)cc3)c3ccccc32)cc1. The molecule has 0 atom stereocenters. The molecule has 4 N–H and O–H groups in total. The molecular formula is C25H21N5O5. The summed E-state index contributed by atoms with van der Waals surface area (Å²) in [7, 11) is 0. The molecular weight excluding hydrogens is 450 g/mol. The summed E-state index contributed by atoms with van der Waals surface area (Å²) in [6.45, 7) is 1.72. The fraction of sp³-hybridized carbons (Fsp3) is 0.0800. The molecule has 0 aliphatic rings. The predicted molar refractivity (Wildman–Crippen MR) is 130 cm³/mol. The van der Waals surface area contributed by atoms with Gasteiger partial charge in [-0.15, -0.1) is 10.2 Å². The van der Waals surface area contributed by atoms with Gasteiger partial charge in [0, 0.05) is 16.8 Å². The van der Waals surface area contributed by atoms with Gasteiger partial charge in [-0.25, -0.2) is 0 Å². The molecule has 3 amide bonds. The molecule has 4 aromatic rings. The number of anilines is 2. The monoisotopic (exact) mass is 471 g/mol. The zero-order valence-corrected chi connectivity index (χ0v) is 18.6. The molecule has 10 nitrogen and oxygen atoms in total. The Balaban J connectivity index is 1.53. The van der Waals surface area contributed by atoms with Crippen LogP contribution < -0.4 is 10.6 Å². The molecule has 0 aliphatic carbocycles. The van der Waals surface area contributed by atoms with Crippen LogP contribution in [0.15, 0.2) is 83.0 Å². The van der Waals surface area contributed by atoms with Crippen LogP contribution in [0.5, 0.6) is 11.6 Å². The summed E-state index contributed by atoms with van der Waals surface area (Å²) >= 11 is 0. The van der Waals surface area contributed by atoms with E-state index in [4.69, 9.17) is 0 Å². The minimum absolute atomic E-state index is 0.00780. The molecule has 176 valence electrons. The lowest BCUT2D eigenvalue weighted by atomic mass is 10.2. The van der Waals surface area contributed by atoms with E-state index in [0.717, 1.165) is 5.56 Å². The van der Waals surface area contributed by atoms with Gasteiger partial charge >= 0.3 is 11.8 Å². The van der Waals surface area contributed by atoms with E-state index in [2.05, 4.69) is 20.9 Å². The van der Waals surface area contributed by atoms with Crippen molar-refractivity contribution in [2.45, 2.75) is 13.5 Å². The number of hydrogen-bond acceptors (Lipinski definition) is 6. The van der Waals surface area contributed by atoms with E-state index in [-0.39, 0.29) is 35.5 Å². The molecule has 0 spiro atoms. The number of amides is 3. The topological polar surface area (TPSA) is 145 Å². The van der Waals surface area contributed by atoms with Gasteiger partial charge in [-0.1, -0.05) is 35.9 Å². The fourth-order valence-corrected chi connectivity index (χ4v) is 3.38. The fourth-order valence-electron chi connectivity index (χ4n) is 3.38. The zero-order chi connectivity index (χ0) is 24.9. The minimum Gasteiger partial charge on any atom is -0.508 e. The average Bonchev–Trinajstić information content (AvgIpc) is 3.11. The molecule has 0 saturated carbocycles. The highest BCUT2D eigenvalue weighted by Crippen LogP contribution is 2.38. The van der Waals surface area contributed by atoms with Crippen molar-refractivity contribution in [3.63, 3.8) is 0 Å². The Morgan fingerprint density at radius 2 is 1.49 bits per heavy atom. The summed E-state index contributed by atoms with van der Waals surface area (Å²) in [5.74, 6) is -2.97. The van der Waals surface area contributed by atoms with Crippen LogP contribution in [0.4, 0.5) is 17.1 Å². The molecule has 3 aromatic carbocycles. The second-order valence-electron chi connectivity index (χ2n) is 7.70. The standard InChI is InChI=1S/C25H21N5O5/c1-15-6-8-16(9-7-15)26-21(32)14-30-20-5-3-2-4-19(20)22(25(30)35)28-29-24(34)23(33)27-17-10-12-18(31)13-11-17/h2-13,31,35H,14H2,1H3,(H,26,32)(H,27,33). The lowest BCUT2D eigenvalue weighted by molar-refractivity contribution is -0.134. The highest BCUT2D eigenvalue weighted by molar-refractivity contribution is 6.40. The van der Waals surface area contributed by atoms with Gasteiger partial charge in [-0.2, -0.15) is 0 Å². The first kappa shape index (κ1) is 23.2. The van der Waals surface area contributed by atoms with Crippen LogP contribution in [0.2, 0.25) is 0 Å². The smallest absolute Gasteiger partial charge is 0.353 e. The van der Waals surface area contributed by atoms with E-state index in [1.54, 1.807) is 36.4 Å². The van der Waals surface area contributed by atoms with Crippen LogP contribution >= 0.6 is 0 Å². The third kappa shape index (κ3) is 5.33. The number of aromatic nitrogens is 1. The second kappa shape index (κ2) is 9.87. The number of aryl methyl sites for hydroxylation is 1. The number of azo groups is 1. The average molecular weight is 471 g/mol. The summed E-state index contributed by atoms with van der Waals surface area (Å²) in [4.78, 5) is 36.9. The van der Waals surface area contributed by atoms with E-state index >= 15 is 0 Å².